The van der Waals surface area contributed by atoms with Crippen LogP contribution in [-0.4, -0.2) is 51.4 Å². The van der Waals surface area contributed by atoms with E-state index in [9.17, 15) is 0 Å². The smallest absolute Gasteiger partial charge is 0.203 e. The first-order valence-corrected chi connectivity index (χ1v) is 6.45. The summed E-state index contributed by atoms with van der Waals surface area (Å²) in [5.41, 5.74) is 6.48. The van der Waals surface area contributed by atoms with Gasteiger partial charge in [-0.2, -0.15) is 0 Å². The third kappa shape index (κ3) is 2.04. The summed E-state index contributed by atoms with van der Waals surface area (Å²) in [5.74, 6) is 1.70. The number of rotatable bonds is 2. The monoisotopic (exact) mass is 262 g/mol. The van der Waals surface area contributed by atoms with Crippen LogP contribution in [0.25, 0.3) is 5.65 Å². The van der Waals surface area contributed by atoms with Crippen molar-refractivity contribution in [1.82, 2.24) is 19.6 Å². The third-order valence-corrected chi connectivity index (χ3v) is 3.52. The van der Waals surface area contributed by atoms with E-state index in [1.54, 1.807) is 6.20 Å². The van der Waals surface area contributed by atoms with Gasteiger partial charge in [-0.25, -0.2) is 4.98 Å². The van der Waals surface area contributed by atoms with Crippen molar-refractivity contribution in [1.29, 1.82) is 0 Å². The summed E-state index contributed by atoms with van der Waals surface area (Å²) in [6.07, 6.45) is 3.69. The predicted molar refractivity (Wildman–Crippen MR) is 71.1 cm³/mol. The summed E-state index contributed by atoms with van der Waals surface area (Å²) in [4.78, 5) is 6.67. The highest BCUT2D eigenvalue weighted by Crippen LogP contribution is 2.23. The Morgan fingerprint density at radius 1 is 1.47 bits per heavy atom. The number of nitrogens with two attached hydrogens (primary N) is 1. The molecule has 0 bridgehead atoms. The lowest BCUT2D eigenvalue weighted by molar-refractivity contribution is 0.0281. The zero-order valence-corrected chi connectivity index (χ0v) is 11.2. The Morgan fingerprint density at radius 2 is 2.32 bits per heavy atom. The molecule has 2 aromatic rings. The molecule has 102 valence electrons. The number of aryl methyl sites for hydroxylation is 1. The molecule has 1 aliphatic rings. The summed E-state index contributed by atoms with van der Waals surface area (Å²) < 4.78 is 7.62. The van der Waals surface area contributed by atoms with Crippen LogP contribution in [0.4, 0.5) is 5.82 Å². The Labute approximate surface area is 111 Å². The number of anilines is 1. The van der Waals surface area contributed by atoms with E-state index in [2.05, 4.69) is 27.0 Å². The van der Waals surface area contributed by atoms with E-state index in [1.165, 1.54) is 0 Å². The molecule has 2 atom stereocenters. The number of fused-ring (bicyclic) bond motifs is 1. The van der Waals surface area contributed by atoms with E-state index in [0.717, 1.165) is 23.8 Å². The van der Waals surface area contributed by atoms with Gasteiger partial charge in [0.25, 0.3) is 0 Å². The van der Waals surface area contributed by atoms with Crippen molar-refractivity contribution in [2.75, 3.05) is 24.6 Å². The first-order valence-electron chi connectivity index (χ1n) is 6.45. The first-order chi connectivity index (χ1) is 9.20. The van der Waals surface area contributed by atoms with Crippen molar-refractivity contribution >= 4 is 11.5 Å². The van der Waals surface area contributed by atoms with Gasteiger partial charge in [0, 0.05) is 25.5 Å². The van der Waals surface area contributed by atoms with Gasteiger partial charge in [0.15, 0.2) is 5.82 Å². The van der Waals surface area contributed by atoms with Crippen molar-refractivity contribution < 1.29 is 4.74 Å². The van der Waals surface area contributed by atoms with E-state index in [0.29, 0.717) is 13.2 Å². The van der Waals surface area contributed by atoms with Crippen LogP contribution in [0, 0.1) is 6.92 Å². The molecular weight excluding hydrogens is 244 g/mol. The van der Waals surface area contributed by atoms with Gasteiger partial charge >= 0.3 is 0 Å². The van der Waals surface area contributed by atoms with Crippen molar-refractivity contribution in [3.63, 3.8) is 0 Å². The molecule has 7 heteroatoms. The fourth-order valence-electron chi connectivity index (χ4n) is 2.39. The van der Waals surface area contributed by atoms with Crippen LogP contribution in [0.5, 0.6) is 0 Å². The van der Waals surface area contributed by atoms with E-state index >= 15 is 0 Å². The van der Waals surface area contributed by atoms with Crippen LogP contribution in [0.2, 0.25) is 0 Å². The highest BCUT2D eigenvalue weighted by atomic mass is 16.5. The molecule has 1 aliphatic heterocycles. The van der Waals surface area contributed by atoms with Crippen LogP contribution in [-0.2, 0) is 4.74 Å². The molecule has 2 N–H and O–H groups in total. The average Bonchev–Trinajstić information content (AvgIpc) is 2.81. The molecule has 2 aromatic heterocycles. The topological polar surface area (TPSA) is 81.6 Å². The summed E-state index contributed by atoms with van der Waals surface area (Å²) >= 11 is 0. The quantitative estimate of drug-likeness (QED) is 0.819. The van der Waals surface area contributed by atoms with Gasteiger partial charge in [0.1, 0.15) is 5.82 Å². The fourth-order valence-corrected chi connectivity index (χ4v) is 2.39. The number of morpholine rings is 1. The number of hydrogen-bond acceptors (Lipinski definition) is 6. The third-order valence-electron chi connectivity index (χ3n) is 3.52. The SMILES string of the molecule is Cc1nnc2c(N3CC(CN)OCC3C)nccn12. The molecule has 0 aliphatic carbocycles. The van der Waals surface area contributed by atoms with Crippen molar-refractivity contribution in [2.45, 2.75) is 26.0 Å². The van der Waals surface area contributed by atoms with Crippen molar-refractivity contribution in [3.05, 3.63) is 18.2 Å². The molecule has 0 aromatic carbocycles. The van der Waals surface area contributed by atoms with E-state index in [4.69, 9.17) is 10.5 Å². The highest BCUT2D eigenvalue weighted by Gasteiger charge is 2.28. The number of aromatic nitrogens is 4. The minimum absolute atomic E-state index is 0.0438. The zero-order valence-electron chi connectivity index (χ0n) is 11.2. The number of hydrogen-bond donors (Lipinski definition) is 1. The Morgan fingerprint density at radius 3 is 3.11 bits per heavy atom. The van der Waals surface area contributed by atoms with Crippen LogP contribution in [0.3, 0.4) is 0 Å². The maximum Gasteiger partial charge on any atom is 0.203 e. The Kier molecular flexibility index (Phi) is 3.08. The molecule has 19 heavy (non-hydrogen) atoms. The Balaban J connectivity index is 2.02. The largest absolute Gasteiger partial charge is 0.373 e. The molecule has 0 amide bonds. The van der Waals surface area contributed by atoms with Crippen molar-refractivity contribution in [3.8, 4) is 0 Å². The summed E-state index contributed by atoms with van der Waals surface area (Å²) in [5, 5.41) is 8.32. The maximum absolute atomic E-state index is 5.70. The lowest BCUT2D eigenvalue weighted by atomic mass is 10.2. The normalized spacial score (nSPS) is 24.1. The number of nitrogens with zero attached hydrogens (tertiary/aromatic N) is 5. The second-order valence-electron chi connectivity index (χ2n) is 4.88. The predicted octanol–water partition coefficient (Wildman–Crippen LogP) is -0.0149. The molecule has 3 heterocycles. The molecule has 0 saturated carbocycles. The van der Waals surface area contributed by atoms with E-state index in [1.807, 2.05) is 17.5 Å². The van der Waals surface area contributed by atoms with Crippen molar-refractivity contribution in [2.24, 2.45) is 5.73 Å². The standard InChI is InChI=1S/C12H18N6O/c1-8-7-19-10(5-13)6-18(8)11-12-16-15-9(2)17(12)4-3-14-11/h3-4,8,10H,5-7,13H2,1-2H3. The van der Waals surface area contributed by atoms with Gasteiger partial charge in [-0.3, -0.25) is 4.40 Å². The van der Waals surface area contributed by atoms with Gasteiger partial charge in [0.2, 0.25) is 5.65 Å². The molecule has 7 nitrogen and oxygen atoms in total. The minimum atomic E-state index is 0.0438. The van der Waals surface area contributed by atoms with Crippen LogP contribution >= 0.6 is 0 Å². The maximum atomic E-state index is 5.70. The average molecular weight is 262 g/mol. The Hall–Kier alpha value is -1.73. The summed E-state index contributed by atoms with van der Waals surface area (Å²) in [6, 6.07) is 0.249. The minimum Gasteiger partial charge on any atom is -0.373 e. The second-order valence-corrected chi connectivity index (χ2v) is 4.88. The highest BCUT2D eigenvalue weighted by molar-refractivity contribution is 5.64. The van der Waals surface area contributed by atoms with Gasteiger partial charge in [-0.05, 0) is 13.8 Å². The lowest BCUT2D eigenvalue weighted by Gasteiger charge is -2.38. The van der Waals surface area contributed by atoms with Crippen LogP contribution < -0.4 is 10.6 Å². The van der Waals surface area contributed by atoms with Gasteiger partial charge in [-0.1, -0.05) is 0 Å². The lowest BCUT2D eigenvalue weighted by Crippen LogP contribution is -2.51. The van der Waals surface area contributed by atoms with Gasteiger partial charge in [0.05, 0.1) is 18.8 Å². The fraction of sp³-hybridized carbons (Fsp3) is 0.583. The summed E-state index contributed by atoms with van der Waals surface area (Å²) in [7, 11) is 0. The van der Waals surface area contributed by atoms with E-state index < -0.39 is 0 Å². The molecule has 0 spiro atoms. The zero-order chi connectivity index (χ0) is 13.4. The summed E-state index contributed by atoms with van der Waals surface area (Å²) in [6.45, 7) is 5.93. The molecular formula is C12H18N6O. The molecule has 1 fully saturated rings. The molecule has 2 unspecified atom stereocenters. The van der Waals surface area contributed by atoms with E-state index in [-0.39, 0.29) is 12.1 Å². The van der Waals surface area contributed by atoms with Crippen LogP contribution in [0.15, 0.2) is 12.4 Å². The molecule has 3 rings (SSSR count). The molecule has 0 radical (unpaired) electrons. The molecule has 1 saturated heterocycles. The van der Waals surface area contributed by atoms with Gasteiger partial charge < -0.3 is 15.4 Å². The van der Waals surface area contributed by atoms with Gasteiger partial charge in [-0.15, -0.1) is 10.2 Å². The second kappa shape index (κ2) is 4.75. The van der Waals surface area contributed by atoms with Crippen LogP contribution in [0.1, 0.15) is 12.7 Å². The Bertz CT molecular complexity index is 583. The number of ether oxygens (including phenoxy) is 1. The first kappa shape index (κ1) is 12.3.